The summed E-state index contributed by atoms with van der Waals surface area (Å²) in [5, 5.41) is 0.572. The van der Waals surface area contributed by atoms with Crippen molar-refractivity contribution in [2.45, 2.75) is 19.0 Å². The number of hydrogen-bond donors (Lipinski definition) is 0. The summed E-state index contributed by atoms with van der Waals surface area (Å²) in [5.74, 6) is 0.617. The van der Waals surface area contributed by atoms with Gasteiger partial charge in [0.05, 0.1) is 11.1 Å². The SMILES string of the molecule is FC(F)(F)c1ccc2c(N3CCCC3)nc(Cl)nc2c1. The summed E-state index contributed by atoms with van der Waals surface area (Å²) in [6, 6.07) is 3.49. The lowest BCUT2D eigenvalue weighted by atomic mass is 10.1. The van der Waals surface area contributed by atoms with Crippen molar-refractivity contribution in [1.29, 1.82) is 0 Å². The molecule has 0 saturated carbocycles. The number of nitrogens with zero attached hydrogens (tertiary/aromatic N) is 3. The molecule has 3 nitrogen and oxygen atoms in total. The molecular weight excluding hydrogens is 291 g/mol. The molecule has 0 spiro atoms. The molecule has 2 heterocycles. The van der Waals surface area contributed by atoms with Crippen molar-refractivity contribution in [3.63, 3.8) is 0 Å². The van der Waals surface area contributed by atoms with Gasteiger partial charge in [0.2, 0.25) is 5.28 Å². The summed E-state index contributed by atoms with van der Waals surface area (Å²) in [6.45, 7) is 1.67. The fourth-order valence-electron chi connectivity index (χ4n) is 2.43. The van der Waals surface area contributed by atoms with Gasteiger partial charge in [0.25, 0.3) is 0 Å². The number of benzene rings is 1. The summed E-state index contributed by atoms with van der Waals surface area (Å²) < 4.78 is 38.2. The molecular formula is C13H11ClF3N3. The van der Waals surface area contributed by atoms with E-state index in [4.69, 9.17) is 11.6 Å². The zero-order chi connectivity index (χ0) is 14.3. The van der Waals surface area contributed by atoms with E-state index >= 15 is 0 Å². The Balaban J connectivity index is 2.17. The Labute approximate surface area is 118 Å². The van der Waals surface area contributed by atoms with E-state index in [9.17, 15) is 13.2 Å². The molecule has 20 heavy (non-hydrogen) atoms. The minimum atomic E-state index is -4.39. The van der Waals surface area contributed by atoms with E-state index in [0.717, 1.165) is 38.1 Å². The topological polar surface area (TPSA) is 29.0 Å². The molecule has 7 heteroatoms. The number of aromatic nitrogens is 2. The standard InChI is InChI=1S/C13H11ClF3N3/c14-12-18-10-7-8(13(15,16)17)3-4-9(10)11(19-12)20-5-1-2-6-20/h3-4,7H,1-2,5-6H2. The Kier molecular flexibility index (Phi) is 3.20. The summed E-state index contributed by atoms with van der Waals surface area (Å²) in [5.41, 5.74) is -0.506. The van der Waals surface area contributed by atoms with Gasteiger partial charge in [-0.3, -0.25) is 0 Å². The highest BCUT2D eigenvalue weighted by Crippen LogP contribution is 2.34. The maximum atomic E-state index is 12.7. The molecule has 0 amide bonds. The van der Waals surface area contributed by atoms with Crippen LogP contribution in [0.2, 0.25) is 5.28 Å². The molecule has 2 aromatic rings. The monoisotopic (exact) mass is 301 g/mol. The van der Waals surface area contributed by atoms with Crippen molar-refractivity contribution in [1.82, 2.24) is 9.97 Å². The fraction of sp³-hybridized carbons (Fsp3) is 0.385. The van der Waals surface area contributed by atoms with Gasteiger partial charge in [-0.25, -0.2) is 4.98 Å². The average molecular weight is 302 g/mol. The highest BCUT2D eigenvalue weighted by Gasteiger charge is 2.31. The Bertz CT molecular complexity index is 651. The van der Waals surface area contributed by atoms with Gasteiger partial charge in [-0.1, -0.05) is 0 Å². The molecule has 1 aromatic heterocycles. The number of fused-ring (bicyclic) bond motifs is 1. The fourth-order valence-corrected chi connectivity index (χ4v) is 2.60. The Morgan fingerprint density at radius 1 is 1.10 bits per heavy atom. The second kappa shape index (κ2) is 4.77. The molecule has 0 aliphatic carbocycles. The van der Waals surface area contributed by atoms with E-state index in [1.54, 1.807) is 0 Å². The van der Waals surface area contributed by atoms with Gasteiger partial charge in [-0.15, -0.1) is 0 Å². The van der Waals surface area contributed by atoms with Gasteiger partial charge in [-0.2, -0.15) is 18.2 Å². The van der Waals surface area contributed by atoms with Crippen LogP contribution in [0.15, 0.2) is 18.2 Å². The second-order valence-corrected chi connectivity index (χ2v) is 5.08. The van der Waals surface area contributed by atoms with Gasteiger partial charge < -0.3 is 4.90 Å². The van der Waals surface area contributed by atoms with Crippen molar-refractivity contribution < 1.29 is 13.2 Å². The molecule has 1 aliphatic heterocycles. The number of hydrogen-bond acceptors (Lipinski definition) is 3. The maximum Gasteiger partial charge on any atom is 0.416 e. The second-order valence-electron chi connectivity index (χ2n) is 4.74. The van der Waals surface area contributed by atoms with Crippen molar-refractivity contribution >= 4 is 28.3 Å². The minimum Gasteiger partial charge on any atom is -0.356 e. The van der Waals surface area contributed by atoms with Gasteiger partial charge in [-0.05, 0) is 42.6 Å². The van der Waals surface area contributed by atoms with Crippen LogP contribution in [0.1, 0.15) is 18.4 Å². The van der Waals surface area contributed by atoms with Crippen LogP contribution in [0.5, 0.6) is 0 Å². The van der Waals surface area contributed by atoms with E-state index in [1.807, 2.05) is 4.90 Å². The zero-order valence-corrected chi connectivity index (χ0v) is 11.2. The highest BCUT2D eigenvalue weighted by molar-refractivity contribution is 6.28. The van der Waals surface area contributed by atoms with Crippen molar-refractivity contribution in [2.75, 3.05) is 18.0 Å². The maximum absolute atomic E-state index is 12.7. The molecule has 0 atom stereocenters. The van der Waals surface area contributed by atoms with E-state index in [1.165, 1.54) is 6.07 Å². The van der Waals surface area contributed by atoms with Crippen LogP contribution in [-0.4, -0.2) is 23.1 Å². The lowest BCUT2D eigenvalue weighted by molar-refractivity contribution is -0.137. The Morgan fingerprint density at radius 3 is 2.45 bits per heavy atom. The van der Waals surface area contributed by atoms with Gasteiger partial charge in [0.15, 0.2) is 0 Å². The first kappa shape index (κ1) is 13.4. The Hall–Kier alpha value is -1.56. The van der Waals surface area contributed by atoms with Gasteiger partial charge >= 0.3 is 6.18 Å². The molecule has 3 rings (SSSR count). The van der Waals surface area contributed by atoms with Crippen molar-refractivity contribution in [2.24, 2.45) is 0 Å². The van der Waals surface area contributed by atoms with Crippen molar-refractivity contribution in [3.05, 3.63) is 29.0 Å². The first-order valence-electron chi connectivity index (χ1n) is 6.24. The molecule has 0 N–H and O–H groups in total. The first-order chi connectivity index (χ1) is 9.45. The minimum absolute atomic E-state index is 0.0290. The predicted octanol–water partition coefficient (Wildman–Crippen LogP) is 3.90. The summed E-state index contributed by atoms with van der Waals surface area (Å²) >= 11 is 5.84. The quantitative estimate of drug-likeness (QED) is 0.748. The molecule has 1 saturated heterocycles. The smallest absolute Gasteiger partial charge is 0.356 e. The average Bonchev–Trinajstić information content (AvgIpc) is 2.89. The van der Waals surface area contributed by atoms with Crippen molar-refractivity contribution in [3.8, 4) is 0 Å². The van der Waals surface area contributed by atoms with E-state index < -0.39 is 11.7 Å². The van der Waals surface area contributed by atoms with Crippen LogP contribution in [0.4, 0.5) is 19.0 Å². The summed E-state index contributed by atoms with van der Waals surface area (Å²) in [7, 11) is 0. The third-order valence-corrected chi connectivity index (χ3v) is 3.55. The van der Waals surface area contributed by atoms with Crippen LogP contribution >= 0.6 is 11.6 Å². The van der Waals surface area contributed by atoms with Gasteiger partial charge in [0, 0.05) is 18.5 Å². The first-order valence-corrected chi connectivity index (χ1v) is 6.62. The number of rotatable bonds is 1. The van der Waals surface area contributed by atoms with Crippen LogP contribution in [0.3, 0.4) is 0 Å². The largest absolute Gasteiger partial charge is 0.416 e. The van der Waals surface area contributed by atoms with Gasteiger partial charge in [0.1, 0.15) is 5.82 Å². The molecule has 1 aliphatic rings. The molecule has 0 bridgehead atoms. The Morgan fingerprint density at radius 2 is 1.80 bits per heavy atom. The van der Waals surface area contributed by atoms with Crippen LogP contribution in [0.25, 0.3) is 10.9 Å². The third-order valence-electron chi connectivity index (χ3n) is 3.38. The molecule has 0 radical (unpaired) electrons. The van der Waals surface area contributed by atoms with Crippen LogP contribution < -0.4 is 4.90 Å². The summed E-state index contributed by atoms with van der Waals surface area (Å²) in [6.07, 6.45) is -2.30. The normalized spacial score (nSPS) is 16.1. The highest BCUT2D eigenvalue weighted by atomic mass is 35.5. The number of anilines is 1. The van der Waals surface area contributed by atoms with E-state index in [-0.39, 0.29) is 10.8 Å². The van der Waals surface area contributed by atoms with Crippen LogP contribution in [-0.2, 0) is 6.18 Å². The number of alkyl halides is 3. The lowest BCUT2D eigenvalue weighted by Gasteiger charge is -2.18. The lowest BCUT2D eigenvalue weighted by Crippen LogP contribution is -2.19. The van der Waals surface area contributed by atoms with Crippen LogP contribution in [0, 0.1) is 0 Å². The zero-order valence-electron chi connectivity index (χ0n) is 10.4. The summed E-state index contributed by atoms with van der Waals surface area (Å²) in [4.78, 5) is 10.1. The van der Waals surface area contributed by atoms with E-state index in [2.05, 4.69) is 9.97 Å². The third kappa shape index (κ3) is 2.40. The number of halogens is 4. The molecule has 1 fully saturated rings. The molecule has 106 valence electrons. The molecule has 0 unspecified atom stereocenters. The molecule has 1 aromatic carbocycles. The predicted molar refractivity (Wildman–Crippen MR) is 71.0 cm³/mol. The van der Waals surface area contributed by atoms with E-state index in [0.29, 0.717) is 11.2 Å².